The number of hydrogen-bond donors (Lipinski definition) is 5. The van der Waals surface area contributed by atoms with Crippen molar-refractivity contribution in [2.24, 2.45) is 0 Å². The molecule has 0 aliphatic carbocycles. The molecule has 23 heavy (non-hydrogen) atoms. The molecule has 0 saturated heterocycles. The van der Waals surface area contributed by atoms with Crippen LogP contribution >= 0.6 is 0 Å². The van der Waals surface area contributed by atoms with Gasteiger partial charge in [0.15, 0.2) is 5.43 Å². The van der Waals surface area contributed by atoms with Crippen molar-refractivity contribution in [3.63, 3.8) is 0 Å². The van der Waals surface area contributed by atoms with Crippen LogP contribution in [0.1, 0.15) is 0 Å². The van der Waals surface area contributed by atoms with Crippen molar-refractivity contribution >= 4 is 23.6 Å². The smallest absolute Gasteiger partial charge is 0.496 e. The lowest BCUT2D eigenvalue weighted by atomic mass is 9.78. The summed E-state index contributed by atoms with van der Waals surface area (Å²) in [6.45, 7) is 0. The van der Waals surface area contributed by atoms with Crippen LogP contribution in [0, 0.1) is 0 Å². The molecule has 0 atom stereocenters. The zero-order valence-electron chi connectivity index (χ0n) is 11.6. The Kier molecular flexibility index (Phi) is 3.47. The first-order valence-corrected chi connectivity index (χ1v) is 6.56. The molecule has 3 aromatic rings. The van der Waals surface area contributed by atoms with Crippen LogP contribution in [0.2, 0.25) is 0 Å². The van der Waals surface area contributed by atoms with Crippen LogP contribution in [-0.2, 0) is 0 Å². The van der Waals surface area contributed by atoms with E-state index in [1.54, 1.807) is 0 Å². The van der Waals surface area contributed by atoms with Crippen molar-refractivity contribution in [1.82, 2.24) is 0 Å². The Morgan fingerprint density at radius 3 is 2.22 bits per heavy atom. The maximum Gasteiger partial charge on any atom is 0.496 e. The molecule has 0 aliphatic rings. The van der Waals surface area contributed by atoms with E-state index in [4.69, 9.17) is 4.42 Å². The quantitative estimate of drug-likeness (QED) is 0.429. The third-order valence-corrected chi connectivity index (χ3v) is 3.42. The van der Waals surface area contributed by atoms with E-state index >= 15 is 0 Å². The fourth-order valence-electron chi connectivity index (χ4n) is 2.33. The van der Waals surface area contributed by atoms with Gasteiger partial charge in [-0.2, -0.15) is 0 Å². The molecule has 0 saturated carbocycles. The zero-order valence-corrected chi connectivity index (χ0v) is 11.6. The lowest BCUT2D eigenvalue weighted by Crippen LogP contribution is -2.31. The van der Waals surface area contributed by atoms with Crippen LogP contribution in [0.25, 0.3) is 22.3 Å². The maximum absolute atomic E-state index is 12.2. The monoisotopic (exact) mass is 314 g/mol. The van der Waals surface area contributed by atoms with E-state index in [0.717, 1.165) is 12.1 Å². The van der Waals surface area contributed by atoms with Gasteiger partial charge in [-0.05, 0) is 24.3 Å². The molecule has 0 aliphatic heterocycles. The highest BCUT2D eigenvalue weighted by molar-refractivity contribution is 6.61. The summed E-state index contributed by atoms with van der Waals surface area (Å²) in [4.78, 5) is 12.2. The minimum absolute atomic E-state index is 0.0498. The van der Waals surface area contributed by atoms with Gasteiger partial charge in [-0.15, -0.1) is 0 Å². The Labute approximate surface area is 129 Å². The predicted molar refractivity (Wildman–Crippen MR) is 82.7 cm³/mol. The second-order valence-corrected chi connectivity index (χ2v) is 4.93. The van der Waals surface area contributed by atoms with Crippen molar-refractivity contribution in [2.75, 3.05) is 0 Å². The van der Waals surface area contributed by atoms with Crippen molar-refractivity contribution in [3.05, 3.63) is 46.6 Å². The second-order valence-electron chi connectivity index (χ2n) is 4.93. The number of phenolic OH excluding ortho intramolecular Hbond substituents is 3. The van der Waals surface area contributed by atoms with Crippen LogP contribution in [0.5, 0.6) is 17.2 Å². The summed E-state index contributed by atoms with van der Waals surface area (Å²) in [5.74, 6) is -1.15. The van der Waals surface area contributed by atoms with Gasteiger partial charge in [-0.25, -0.2) is 0 Å². The van der Waals surface area contributed by atoms with E-state index in [1.165, 1.54) is 24.3 Å². The first kappa shape index (κ1) is 15.0. The van der Waals surface area contributed by atoms with Gasteiger partial charge < -0.3 is 29.8 Å². The fraction of sp³-hybridized carbons (Fsp3) is 0. The van der Waals surface area contributed by atoms with Crippen molar-refractivity contribution in [2.45, 2.75) is 0 Å². The van der Waals surface area contributed by atoms with Gasteiger partial charge in [0.2, 0.25) is 0 Å². The molecule has 0 amide bonds. The summed E-state index contributed by atoms with van der Waals surface area (Å²) in [5.41, 5.74) is -0.789. The first-order valence-electron chi connectivity index (χ1n) is 6.56. The third-order valence-electron chi connectivity index (χ3n) is 3.42. The van der Waals surface area contributed by atoms with Gasteiger partial charge in [0, 0.05) is 17.7 Å². The Balaban J connectivity index is 2.29. The average molecular weight is 314 g/mol. The summed E-state index contributed by atoms with van der Waals surface area (Å²) >= 11 is 0. The molecule has 116 valence electrons. The van der Waals surface area contributed by atoms with Crippen molar-refractivity contribution in [3.8, 4) is 28.6 Å². The summed E-state index contributed by atoms with van der Waals surface area (Å²) in [6.07, 6.45) is 0. The van der Waals surface area contributed by atoms with Crippen LogP contribution in [0.3, 0.4) is 0 Å². The molecule has 8 heteroatoms. The minimum Gasteiger partial charge on any atom is -0.508 e. The first-order chi connectivity index (χ1) is 10.9. The Bertz CT molecular complexity index is 945. The molecule has 0 unspecified atom stereocenters. The van der Waals surface area contributed by atoms with Gasteiger partial charge in [-0.3, -0.25) is 4.79 Å². The van der Waals surface area contributed by atoms with Crippen LogP contribution in [0.4, 0.5) is 0 Å². The van der Waals surface area contributed by atoms with E-state index in [1.807, 2.05) is 0 Å². The van der Waals surface area contributed by atoms with Gasteiger partial charge >= 0.3 is 7.12 Å². The topological polar surface area (TPSA) is 131 Å². The summed E-state index contributed by atoms with van der Waals surface area (Å²) in [6, 6.07) is 8.05. The van der Waals surface area contributed by atoms with E-state index in [9.17, 15) is 30.2 Å². The van der Waals surface area contributed by atoms with E-state index in [-0.39, 0.29) is 22.5 Å². The molecule has 0 bridgehead atoms. The predicted octanol–water partition coefficient (Wildman–Crippen LogP) is 0.257. The highest BCUT2D eigenvalue weighted by Crippen LogP contribution is 2.29. The second kappa shape index (κ2) is 5.34. The maximum atomic E-state index is 12.2. The van der Waals surface area contributed by atoms with Crippen molar-refractivity contribution < 1.29 is 29.8 Å². The normalized spacial score (nSPS) is 10.9. The molecule has 0 fully saturated rings. The summed E-state index contributed by atoms with van der Waals surface area (Å²) in [5, 5.41) is 47.1. The Morgan fingerprint density at radius 1 is 0.957 bits per heavy atom. The molecule has 5 N–H and O–H groups in total. The Hall–Kier alpha value is -2.97. The van der Waals surface area contributed by atoms with Gasteiger partial charge in [0.05, 0.1) is 5.46 Å². The van der Waals surface area contributed by atoms with Crippen LogP contribution in [0.15, 0.2) is 45.6 Å². The van der Waals surface area contributed by atoms with Gasteiger partial charge in [0.1, 0.15) is 34.0 Å². The molecule has 0 radical (unpaired) electrons. The number of aromatic hydroxyl groups is 3. The highest BCUT2D eigenvalue weighted by Gasteiger charge is 2.25. The highest BCUT2D eigenvalue weighted by atomic mass is 16.4. The van der Waals surface area contributed by atoms with Crippen LogP contribution < -0.4 is 10.9 Å². The molecule has 0 spiro atoms. The Morgan fingerprint density at radius 2 is 1.61 bits per heavy atom. The lowest BCUT2D eigenvalue weighted by molar-refractivity contribution is 0.411. The molecular formula is C15H11BO7. The number of fused-ring (bicyclic) bond motifs is 1. The van der Waals surface area contributed by atoms with E-state index in [2.05, 4.69) is 0 Å². The molecule has 1 heterocycles. The number of benzene rings is 2. The zero-order chi connectivity index (χ0) is 16.7. The molecule has 1 aromatic heterocycles. The average Bonchev–Trinajstić information content (AvgIpc) is 2.46. The fourth-order valence-corrected chi connectivity index (χ4v) is 2.33. The molecule has 3 rings (SSSR count). The van der Waals surface area contributed by atoms with Gasteiger partial charge in [-0.1, -0.05) is 0 Å². The number of hydrogen-bond acceptors (Lipinski definition) is 7. The van der Waals surface area contributed by atoms with Crippen molar-refractivity contribution in [1.29, 1.82) is 0 Å². The van der Waals surface area contributed by atoms with Gasteiger partial charge in [0.25, 0.3) is 0 Å². The number of phenols is 3. The standard InChI is InChI=1S/C15H11BO7/c17-8-3-1-7(2-4-8)11-5-9(18)13-12(23-11)6-10(19)14(15(13)20)16(21)22/h1-6,17,19-22H. The third kappa shape index (κ3) is 2.50. The lowest BCUT2D eigenvalue weighted by Gasteiger charge is -2.10. The summed E-state index contributed by atoms with van der Waals surface area (Å²) < 4.78 is 5.50. The minimum atomic E-state index is -2.14. The largest absolute Gasteiger partial charge is 0.508 e. The summed E-state index contributed by atoms with van der Waals surface area (Å²) in [7, 11) is -2.14. The number of rotatable bonds is 2. The van der Waals surface area contributed by atoms with E-state index in [0.29, 0.717) is 5.56 Å². The van der Waals surface area contributed by atoms with E-state index < -0.39 is 29.5 Å². The van der Waals surface area contributed by atoms with Crippen LogP contribution in [-0.4, -0.2) is 32.5 Å². The molecular weight excluding hydrogens is 303 g/mol. The SMILES string of the molecule is O=c1cc(-c2ccc(O)cc2)oc2cc(O)c(B(O)O)c(O)c12. The molecule has 2 aromatic carbocycles. The molecule has 7 nitrogen and oxygen atoms in total.